The van der Waals surface area contributed by atoms with Gasteiger partial charge < -0.3 is 5.32 Å². The number of hydrogen-bond acceptors (Lipinski definition) is 4. The maximum atomic E-state index is 11.3. The number of rotatable bonds is 8. The fourth-order valence-corrected chi connectivity index (χ4v) is 3.82. The zero-order chi connectivity index (χ0) is 15.2. The molecule has 1 aliphatic heterocycles. The van der Waals surface area contributed by atoms with Crippen LogP contribution in [0.15, 0.2) is 0 Å². The molecule has 0 radical (unpaired) electrons. The van der Waals surface area contributed by atoms with Gasteiger partial charge in [0.2, 0.25) is 0 Å². The summed E-state index contributed by atoms with van der Waals surface area (Å²) >= 11 is 0. The molecule has 0 aliphatic carbocycles. The van der Waals surface area contributed by atoms with Crippen molar-refractivity contribution in [3.63, 3.8) is 0 Å². The Kier molecular flexibility index (Phi) is 6.95. The van der Waals surface area contributed by atoms with Crippen molar-refractivity contribution in [3.05, 3.63) is 0 Å². The van der Waals surface area contributed by atoms with Gasteiger partial charge in [-0.25, -0.2) is 8.42 Å². The van der Waals surface area contributed by atoms with E-state index < -0.39 is 9.84 Å². The largest absolute Gasteiger partial charge is 0.308 e. The number of piperazine rings is 1. The number of sulfone groups is 1. The standard InChI is InChI=1S/C15H32N2O2S/c1-5-9-14-12-16-15(6-2,7-3)13-17(14)10-8-11-20(4,18)19/h14,16H,5-13H2,1-4H3. The molecule has 0 spiro atoms. The summed E-state index contributed by atoms with van der Waals surface area (Å²) in [5.41, 5.74) is 0.218. The summed E-state index contributed by atoms with van der Waals surface area (Å²) in [5, 5.41) is 3.74. The maximum absolute atomic E-state index is 11.3. The Morgan fingerprint density at radius 2 is 1.90 bits per heavy atom. The summed E-state index contributed by atoms with van der Waals surface area (Å²) in [6, 6.07) is 0.561. The van der Waals surface area contributed by atoms with Crippen LogP contribution in [0.2, 0.25) is 0 Å². The molecule has 0 amide bonds. The Morgan fingerprint density at radius 3 is 2.40 bits per heavy atom. The van der Waals surface area contributed by atoms with Gasteiger partial charge >= 0.3 is 0 Å². The van der Waals surface area contributed by atoms with E-state index in [-0.39, 0.29) is 5.54 Å². The lowest BCUT2D eigenvalue weighted by atomic mass is 9.87. The van der Waals surface area contributed by atoms with Crippen molar-refractivity contribution in [1.29, 1.82) is 0 Å². The first kappa shape index (κ1) is 17.9. The first-order valence-electron chi connectivity index (χ1n) is 8.02. The molecule has 1 heterocycles. The third-order valence-electron chi connectivity index (χ3n) is 4.67. The topological polar surface area (TPSA) is 49.4 Å². The molecule has 0 aromatic heterocycles. The Bertz CT molecular complexity index is 377. The van der Waals surface area contributed by atoms with E-state index in [1.807, 2.05) is 0 Å². The molecule has 1 N–H and O–H groups in total. The van der Waals surface area contributed by atoms with Crippen molar-refractivity contribution >= 4 is 9.84 Å². The van der Waals surface area contributed by atoms with Gasteiger partial charge in [0.1, 0.15) is 9.84 Å². The lowest BCUT2D eigenvalue weighted by Crippen LogP contribution is -2.63. The SMILES string of the molecule is CCCC1CNC(CC)(CC)CN1CCCS(C)(=O)=O. The molecule has 0 aromatic carbocycles. The van der Waals surface area contributed by atoms with E-state index in [1.165, 1.54) is 19.1 Å². The summed E-state index contributed by atoms with van der Waals surface area (Å²) < 4.78 is 22.6. The molecule has 1 aliphatic rings. The lowest BCUT2D eigenvalue weighted by Gasteiger charge is -2.47. The van der Waals surface area contributed by atoms with E-state index in [0.29, 0.717) is 11.8 Å². The third kappa shape index (κ3) is 5.34. The molecular formula is C15H32N2O2S. The zero-order valence-corrected chi connectivity index (χ0v) is 14.4. The van der Waals surface area contributed by atoms with Crippen LogP contribution in [-0.2, 0) is 9.84 Å². The van der Waals surface area contributed by atoms with Crippen LogP contribution in [0.5, 0.6) is 0 Å². The molecule has 1 saturated heterocycles. The zero-order valence-electron chi connectivity index (χ0n) is 13.6. The molecule has 1 rings (SSSR count). The predicted molar refractivity (Wildman–Crippen MR) is 85.9 cm³/mol. The summed E-state index contributed by atoms with van der Waals surface area (Å²) in [7, 11) is -2.84. The van der Waals surface area contributed by atoms with Gasteiger partial charge in [0.05, 0.1) is 5.75 Å². The summed E-state index contributed by atoms with van der Waals surface area (Å²) in [5.74, 6) is 0.307. The van der Waals surface area contributed by atoms with E-state index in [4.69, 9.17) is 0 Å². The van der Waals surface area contributed by atoms with Crippen LogP contribution in [0.1, 0.15) is 52.9 Å². The smallest absolute Gasteiger partial charge is 0.147 e. The fourth-order valence-electron chi connectivity index (χ4n) is 3.17. The van der Waals surface area contributed by atoms with Crippen LogP contribution in [0.4, 0.5) is 0 Å². The van der Waals surface area contributed by atoms with Gasteiger partial charge in [-0.1, -0.05) is 27.2 Å². The normalized spacial score (nSPS) is 23.9. The quantitative estimate of drug-likeness (QED) is 0.746. The minimum atomic E-state index is -2.84. The highest BCUT2D eigenvalue weighted by Crippen LogP contribution is 2.24. The second-order valence-electron chi connectivity index (χ2n) is 6.26. The number of hydrogen-bond donors (Lipinski definition) is 1. The Labute approximate surface area is 125 Å². The second kappa shape index (κ2) is 7.76. The van der Waals surface area contributed by atoms with E-state index >= 15 is 0 Å². The minimum absolute atomic E-state index is 0.218. The average Bonchev–Trinajstić information content (AvgIpc) is 2.39. The van der Waals surface area contributed by atoms with E-state index in [2.05, 4.69) is 31.0 Å². The van der Waals surface area contributed by atoms with E-state index in [1.54, 1.807) is 0 Å². The van der Waals surface area contributed by atoms with Crippen molar-refractivity contribution < 1.29 is 8.42 Å². The van der Waals surface area contributed by atoms with Crippen molar-refractivity contribution in [1.82, 2.24) is 10.2 Å². The Hall–Kier alpha value is -0.130. The molecule has 20 heavy (non-hydrogen) atoms. The van der Waals surface area contributed by atoms with Crippen LogP contribution in [0, 0.1) is 0 Å². The van der Waals surface area contributed by atoms with Crippen LogP contribution in [0.25, 0.3) is 0 Å². The van der Waals surface area contributed by atoms with Gasteiger partial charge in [-0.3, -0.25) is 4.90 Å². The molecular weight excluding hydrogens is 272 g/mol. The molecule has 0 aromatic rings. The molecule has 1 fully saturated rings. The summed E-state index contributed by atoms with van der Waals surface area (Å²) in [6.07, 6.45) is 6.71. The predicted octanol–water partition coefficient (Wildman–Crippen LogP) is 2.05. The summed E-state index contributed by atoms with van der Waals surface area (Å²) in [4.78, 5) is 2.53. The first-order valence-corrected chi connectivity index (χ1v) is 10.1. The monoisotopic (exact) mass is 304 g/mol. The first-order chi connectivity index (χ1) is 9.36. The minimum Gasteiger partial charge on any atom is -0.308 e. The van der Waals surface area contributed by atoms with Gasteiger partial charge in [-0.15, -0.1) is 0 Å². The van der Waals surface area contributed by atoms with Gasteiger partial charge in [-0.2, -0.15) is 0 Å². The van der Waals surface area contributed by atoms with Crippen LogP contribution < -0.4 is 5.32 Å². The molecule has 0 saturated carbocycles. The van der Waals surface area contributed by atoms with Gasteiger partial charge in [0, 0.05) is 30.9 Å². The Balaban J connectivity index is 2.63. The third-order valence-corrected chi connectivity index (χ3v) is 5.70. The molecule has 4 nitrogen and oxygen atoms in total. The van der Waals surface area contributed by atoms with Gasteiger partial charge in [-0.05, 0) is 32.2 Å². The van der Waals surface area contributed by atoms with E-state index in [0.717, 1.165) is 38.9 Å². The van der Waals surface area contributed by atoms with Gasteiger partial charge in [0.25, 0.3) is 0 Å². The van der Waals surface area contributed by atoms with Crippen LogP contribution >= 0.6 is 0 Å². The average molecular weight is 304 g/mol. The van der Waals surface area contributed by atoms with Crippen LogP contribution in [0.3, 0.4) is 0 Å². The maximum Gasteiger partial charge on any atom is 0.147 e. The Morgan fingerprint density at radius 1 is 1.25 bits per heavy atom. The molecule has 1 atom stereocenters. The molecule has 120 valence electrons. The molecule has 5 heteroatoms. The van der Waals surface area contributed by atoms with Gasteiger partial charge in [0.15, 0.2) is 0 Å². The van der Waals surface area contributed by atoms with Crippen molar-refractivity contribution in [2.75, 3.05) is 31.6 Å². The van der Waals surface area contributed by atoms with Crippen molar-refractivity contribution in [2.45, 2.75) is 64.5 Å². The fraction of sp³-hybridized carbons (Fsp3) is 1.00. The highest BCUT2D eigenvalue weighted by molar-refractivity contribution is 7.90. The summed E-state index contributed by atoms with van der Waals surface area (Å²) in [6.45, 7) is 9.69. The number of nitrogens with zero attached hydrogens (tertiary/aromatic N) is 1. The lowest BCUT2D eigenvalue weighted by molar-refractivity contribution is 0.0682. The molecule has 0 bridgehead atoms. The van der Waals surface area contributed by atoms with Crippen molar-refractivity contribution in [3.8, 4) is 0 Å². The number of nitrogens with one attached hydrogen (secondary N) is 1. The van der Waals surface area contributed by atoms with E-state index in [9.17, 15) is 8.42 Å². The second-order valence-corrected chi connectivity index (χ2v) is 8.52. The van der Waals surface area contributed by atoms with Crippen molar-refractivity contribution in [2.24, 2.45) is 0 Å². The van der Waals surface area contributed by atoms with Crippen LogP contribution in [-0.4, -0.2) is 56.5 Å². The molecule has 1 unspecified atom stereocenters. The highest BCUT2D eigenvalue weighted by atomic mass is 32.2. The highest BCUT2D eigenvalue weighted by Gasteiger charge is 2.35.